The summed E-state index contributed by atoms with van der Waals surface area (Å²) in [6, 6.07) is 15.1. The second-order valence-electron chi connectivity index (χ2n) is 7.05. The molecule has 0 fully saturated rings. The molecule has 0 amide bonds. The third-order valence-corrected chi connectivity index (χ3v) is 5.82. The predicted molar refractivity (Wildman–Crippen MR) is 101 cm³/mol. The molecule has 0 N–H and O–H groups in total. The fourth-order valence-corrected chi connectivity index (χ4v) is 4.71. The number of ketones is 2. The number of Topliss-reactive ketones (excluding diaryl/α,β-unsaturated/α-hetero) is 2. The van der Waals surface area contributed by atoms with Gasteiger partial charge in [0.05, 0.1) is 11.6 Å². The van der Waals surface area contributed by atoms with E-state index in [0.29, 0.717) is 22.6 Å². The van der Waals surface area contributed by atoms with E-state index >= 15 is 0 Å². The normalized spacial score (nSPS) is 24.1. The number of benzene rings is 2. The lowest BCUT2D eigenvalue weighted by Crippen LogP contribution is -2.33. The van der Waals surface area contributed by atoms with Crippen LogP contribution in [0.25, 0.3) is 0 Å². The van der Waals surface area contributed by atoms with Gasteiger partial charge < -0.3 is 0 Å². The molecule has 3 nitrogen and oxygen atoms in total. The second kappa shape index (κ2) is 5.75. The molecule has 1 heterocycles. The minimum absolute atomic E-state index is 0.0502. The molecule has 0 saturated carbocycles. The van der Waals surface area contributed by atoms with Crippen LogP contribution in [-0.2, 0) is 4.79 Å². The molecule has 4 heteroatoms. The summed E-state index contributed by atoms with van der Waals surface area (Å²) in [6.07, 6.45) is 2.12. The van der Waals surface area contributed by atoms with Gasteiger partial charge in [-0.2, -0.15) is 0 Å². The molecule has 2 atom stereocenters. The fraction of sp³-hybridized carbons (Fsp3) is 0.227. The van der Waals surface area contributed by atoms with Crippen LogP contribution in [0.15, 0.2) is 64.8 Å². The Balaban J connectivity index is 1.78. The molecule has 2 aromatic carbocycles. The number of halogens is 1. The Hall–Kier alpha value is -2.52. The number of allylic oxidation sites excluding steroid dienone is 2. The first-order valence-corrected chi connectivity index (χ1v) is 9.27. The van der Waals surface area contributed by atoms with Gasteiger partial charge in [0.2, 0.25) is 0 Å². The van der Waals surface area contributed by atoms with Crippen molar-refractivity contribution in [3.63, 3.8) is 0 Å². The van der Waals surface area contributed by atoms with Gasteiger partial charge in [0.1, 0.15) is 0 Å². The maximum atomic E-state index is 13.2. The zero-order valence-corrected chi connectivity index (χ0v) is 14.8. The maximum absolute atomic E-state index is 13.2. The molecule has 1 aliphatic heterocycles. The van der Waals surface area contributed by atoms with Crippen LogP contribution in [0, 0.1) is 5.92 Å². The Morgan fingerprint density at radius 2 is 1.73 bits per heavy atom. The number of fused-ring (bicyclic) bond motifs is 3. The number of carbonyl (C=O) groups is 2. The van der Waals surface area contributed by atoms with E-state index in [2.05, 4.69) is 0 Å². The standard InChI is InChI=1S/C22H16ClNO2/c23-13-6-3-5-12(11-13)18-19-16(9-4-10-17(19)25)24-21-14-7-1-2-8-15(14)22(26)20(18)21/h1-3,5-8,11,18,20H,4,9-10H2/t18-,20+/m1/s1. The van der Waals surface area contributed by atoms with Gasteiger partial charge in [-0.05, 0) is 30.5 Å². The van der Waals surface area contributed by atoms with E-state index in [9.17, 15) is 9.59 Å². The Labute approximate surface area is 156 Å². The Bertz CT molecular complexity index is 1030. The molecule has 0 radical (unpaired) electrons. The lowest BCUT2D eigenvalue weighted by atomic mass is 9.71. The molecular weight excluding hydrogens is 346 g/mol. The van der Waals surface area contributed by atoms with Gasteiger partial charge in [-0.1, -0.05) is 48.0 Å². The fourth-order valence-electron chi connectivity index (χ4n) is 4.51. The van der Waals surface area contributed by atoms with Gasteiger partial charge >= 0.3 is 0 Å². The quantitative estimate of drug-likeness (QED) is 0.736. The summed E-state index contributed by atoms with van der Waals surface area (Å²) in [6.45, 7) is 0. The lowest BCUT2D eigenvalue weighted by molar-refractivity contribution is -0.116. The molecule has 0 spiro atoms. The summed E-state index contributed by atoms with van der Waals surface area (Å²) >= 11 is 6.23. The topological polar surface area (TPSA) is 46.5 Å². The molecule has 26 heavy (non-hydrogen) atoms. The van der Waals surface area contributed by atoms with Crippen molar-refractivity contribution in [2.24, 2.45) is 10.9 Å². The molecular formula is C22H16ClNO2. The first-order chi connectivity index (χ1) is 12.6. The number of rotatable bonds is 1. The van der Waals surface area contributed by atoms with E-state index in [-0.39, 0.29) is 17.5 Å². The highest BCUT2D eigenvalue weighted by Crippen LogP contribution is 2.48. The van der Waals surface area contributed by atoms with Crippen LogP contribution < -0.4 is 0 Å². The van der Waals surface area contributed by atoms with E-state index in [1.807, 2.05) is 48.5 Å². The van der Waals surface area contributed by atoms with Gasteiger partial charge in [-0.25, -0.2) is 0 Å². The summed E-state index contributed by atoms with van der Waals surface area (Å²) in [5, 5.41) is 0.611. The van der Waals surface area contributed by atoms with Crippen molar-refractivity contribution >= 4 is 28.9 Å². The van der Waals surface area contributed by atoms with Crippen LogP contribution in [0.3, 0.4) is 0 Å². The smallest absolute Gasteiger partial charge is 0.173 e. The lowest BCUT2D eigenvalue weighted by Gasteiger charge is -2.33. The Morgan fingerprint density at radius 1 is 0.923 bits per heavy atom. The summed E-state index contributed by atoms with van der Waals surface area (Å²) in [4.78, 5) is 30.9. The van der Waals surface area contributed by atoms with Crippen molar-refractivity contribution in [2.75, 3.05) is 0 Å². The zero-order chi connectivity index (χ0) is 17.8. The molecule has 3 aliphatic rings. The number of hydrogen-bond donors (Lipinski definition) is 0. The summed E-state index contributed by atoms with van der Waals surface area (Å²) in [5.74, 6) is -0.576. The van der Waals surface area contributed by atoms with Gasteiger partial charge in [-0.3, -0.25) is 14.6 Å². The minimum atomic E-state index is -0.438. The molecule has 5 rings (SSSR count). The van der Waals surface area contributed by atoms with Crippen molar-refractivity contribution < 1.29 is 9.59 Å². The first kappa shape index (κ1) is 15.7. The SMILES string of the molecule is O=C1CCCC2=C1[C@@H](c1cccc(Cl)c1)[C@@H]1C(=O)c3ccccc3C1=N2. The Kier molecular flexibility index (Phi) is 3.47. The van der Waals surface area contributed by atoms with Crippen molar-refractivity contribution in [1.82, 2.24) is 0 Å². The largest absolute Gasteiger partial charge is 0.294 e. The summed E-state index contributed by atoms with van der Waals surface area (Å²) in [7, 11) is 0. The molecule has 2 aromatic rings. The van der Waals surface area contributed by atoms with Gasteiger partial charge in [0, 0.05) is 39.8 Å². The van der Waals surface area contributed by atoms with Crippen LogP contribution in [0.2, 0.25) is 5.02 Å². The predicted octanol–water partition coefficient (Wildman–Crippen LogP) is 4.75. The first-order valence-electron chi connectivity index (χ1n) is 8.89. The minimum Gasteiger partial charge on any atom is -0.294 e. The van der Waals surface area contributed by atoms with E-state index in [1.54, 1.807) is 0 Å². The molecule has 2 aliphatic carbocycles. The summed E-state index contributed by atoms with van der Waals surface area (Å²) in [5.41, 5.74) is 4.90. The highest BCUT2D eigenvalue weighted by Gasteiger charge is 2.48. The third-order valence-electron chi connectivity index (χ3n) is 5.58. The number of aliphatic imine (C=N–C) groups is 1. The molecule has 0 saturated heterocycles. The van der Waals surface area contributed by atoms with Crippen LogP contribution in [0.4, 0.5) is 0 Å². The molecule has 0 unspecified atom stereocenters. The van der Waals surface area contributed by atoms with E-state index in [4.69, 9.17) is 16.6 Å². The van der Waals surface area contributed by atoms with E-state index in [1.165, 1.54) is 0 Å². The van der Waals surface area contributed by atoms with Crippen LogP contribution in [0.1, 0.15) is 46.7 Å². The van der Waals surface area contributed by atoms with E-state index in [0.717, 1.165) is 35.4 Å². The van der Waals surface area contributed by atoms with Gasteiger partial charge in [0.15, 0.2) is 11.6 Å². The highest BCUT2D eigenvalue weighted by atomic mass is 35.5. The number of carbonyl (C=O) groups excluding carboxylic acids is 2. The average molecular weight is 362 g/mol. The number of hydrogen-bond acceptors (Lipinski definition) is 3. The van der Waals surface area contributed by atoms with Crippen molar-refractivity contribution in [2.45, 2.75) is 25.2 Å². The monoisotopic (exact) mass is 361 g/mol. The van der Waals surface area contributed by atoms with Crippen LogP contribution in [0.5, 0.6) is 0 Å². The van der Waals surface area contributed by atoms with Crippen LogP contribution in [-0.4, -0.2) is 17.3 Å². The van der Waals surface area contributed by atoms with Crippen molar-refractivity contribution in [3.8, 4) is 0 Å². The zero-order valence-electron chi connectivity index (χ0n) is 14.0. The highest BCUT2D eigenvalue weighted by molar-refractivity contribution is 6.31. The molecule has 0 aromatic heterocycles. The van der Waals surface area contributed by atoms with Gasteiger partial charge in [0.25, 0.3) is 0 Å². The second-order valence-corrected chi connectivity index (χ2v) is 7.49. The average Bonchev–Trinajstić information content (AvgIpc) is 2.93. The van der Waals surface area contributed by atoms with Gasteiger partial charge in [-0.15, -0.1) is 0 Å². The molecule has 0 bridgehead atoms. The van der Waals surface area contributed by atoms with E-state index < -0.39 is 5.92 Å². The van der Waals surface area contributed by atoms with Crippen molar-refractivity contribution in [1.29, 1.82) is 0 Å². The summed E-state index contributed by atoms with van der Waals surface area (Å²) < 4.78 is 0. The van der Waals surface area contributed by atoms with Crippen LogP contribution >= 0.6 is 11.6 Å². The Morgan fingerprint density at radius 3 is 2.54 bits per heavy atom. The third kappa shape index (κ3) is 2.17. The number of nitrogens with zero attached hydrogens (tertiary/aromatic N) is 1. The molecule has 128 valence electrons. The van der Waals surface area contributed by atoms with Crippen molar-refractivity contribution in [3.05, 3.63) is 81.5 Å². The maximum Gasteiger partial charge on any atom is 0.173 e.